The molecule has 1 N–H and O–H groups in total. The number of hydrogen-bond acceptors (Lipinski definition) is 3. The van der Waals surface area contributed by atoms with Crippen LogP contribution >= 0.6 is 23.2 Å². The molecular formula is C18H18Cl2N2O3. The highest BCUT2D eigenvalue weighted by Crippen LogP contribution is 2.33. The predicted molar refractivity (Wildman–Crippen MR) is 101 cm³/mol. The van der Waals surface area contributed by atoms with Crippen molar-refractivity contribution in [2.24, 2.45) is 0 Å². The van der Waals surface area contributed by atoms with Gasteiger partial charge in [-0.05, 0) is 36.4 Å². The summed E-state index contributed by atoms with van der Waals surface area (Å²) in [5.74, 6) is 0.237. The molecule has 2 rings (SSSR count). The second-order valence-corrected chi connectivity index (χ2v) is 6.08. The number of rotatable bonds is 6. The molecule has 0 fully saturated rings. The summed E-state index contributed by atoms with van der Waals surface area (Å²) in [6.07, 6.45) is 0.104. The number of hydrogen-bond donors (Lipinski definition) is 1. The molecule has 0 spiro atoms. The average molecular weight is 381 g/mol. The fourth-order valence-electron chi connectivity index (χ4n) is 2.28. The Morgan fingerprint density at radius 3 is 2.20 bits per heavy atom. The largest absolute Gasteiger partial charge is 0.497 e. The molecule has 5 nitrogen and oxygen atoms in total. The van der Waals surface area contributed by atoms with E-state index >= 15 is 0 Å². The third-order valence-corrected chi connectivity index (χ3v) is 4.13. The van der Waals surface area contributed by atoms with E-state index in [-0.39, 0.29) is 24.8 Å². The molecule has 25 heavy (non-hydrogen) atoms. The molecule has 0 heterocycles. The van der Waals surface area contributed by atoms with Crippen LogP contribution in [0.4, 0.5) is 11.4 Å². The lowest BCUT2D eigenvalue weighted by molar-refractivity contribution is -0.117. The number of anilines is 2. The lowest BCUT2D eigenvalue weighted by atomic mass is 10.2. The Balaban J connectivity index is 2.03. The van der Waals surface area contributed by atoms with Crippen LogP contribution in [0.5, 0.6) is 5.75 Å². The smallest absolute Gasteiger partial charge is 0.226 e. The van der Waals surface area contributed by atoms with Crippen LogP contribution in [0, 0.1) is 0 Å². The van der Waals surface area contributed by atoms with Crippen molar-refractivity contribution in [3.05, 3.63) is 52.5 Å². The molecule has 0 aliphatic heterocycles. The van der Waals surface area contributed by atoms with Gasteiger partial charge in [-0.25, -0.2) is 0 Å². The zero-order valence-corrected chi connectivity index (χ0v) is 15.4. The number of nitrogens with one attached hydrogen (secondary N) is 1. The van der Waals surface area contributed by atoms with Gasteiger partial charge in [0, 0.05) is 25.6 Å². The predicted octanol–water partition coefficient (Wildman–Crippen LogP) is 4.38. The summed E-state index contributed by atoms with van der Waals surface area (Å²) in [6, 6.07) is 12.0. The van der Waals surface area contributed by atoms with Gasteiger partial charge in [0.15, 0.2) is 0 Å². The van der Waals surface area contributed by atoms with Gasteiger partial charge < -0.3 is 15.0 Å². The maximum atomic E-state index is 12.1. The Kier molecular flexibility index (Phi) is 6.67. The van der Waals surface area contributed by atoms with E-state index in [9.17, 15) is 9.59 Å². The van der Waals surface area contributed by atoms with E-state index in [1.165, 1.54) is 11.8 Å². The van der Waals surface area contributed by atoms with Gasteiger partial charge in [-0.2, -0.15) is 0 Å². The average Bonchev–Trinajstić information content (AvgIpc) is 2.57. The molecule has 7 heteroatoms. The molecule has 0 aliphatic rings. The van der Waals surface area contributed by atoms with Crippen molar-refractivity contribution in [3.63, 3.8) is 0 Å². The highest BCUT2D eigenvalue weighted by Gasteiger charge is 2.19. The molecule has 0 radical (unpaired) electrons. The van der Waals surface area contributed by atoms with Crippen molar-refractivity contribution < 1.29 is 14.3 Å². The summed E-state index contributed by atoms with van der Waals surface area (Å²) in [5.41, 5.74) is 1.06. The summed E-state index contributed by atoms with van der Waals surface area (Å²) < 4.78 is 5.07. The van der Waals surface area contributed by atoms with E-state index in [1.807, 2.05) is 0 Å². The summed E-state index contributed by atoms with van der Waals surface area (Å²) in [4.78, 5) is 25.5. The standard InChI is InChI=1S/C18H18Cl2N2O3/c1-12(23)22(18-15(19)4-3-5-16(18)20)11-10-17(24)21-13-6-8-14(25-2)9-7-13/h3-9H,10-11H2,1-2H3,(H,21,24). The first-order valence-electron chi connectivity index (χ1n) is 7.58. The van der Waals surface area contributed by atoms with Crippen molar-refractivity contribution in [2.45, 2.75) is 13.3 Å². The van der Waals surface area contributed by atoms with Gasteiger partial charge in [-0.3, -0.25) is 9.59 Å². The normalized spacial score (nSPS) is 10.2. The number of amides is 2. The zero-order valence-electron chi connectivity index (χ0n) is 13.9. The number of ether oxygens (including phenoxy) is 1. The van der Waals surface area contributed by atoms with Crippen LogP contribution in [-0.2, 0) is 9.59 Å². The Morgan fingerprint density at radius 1 is 1.08 bits per heavy atom. The van der Waals surface area contributed by atoms with E-state index < -0.39 is 0 Å². The third-order valence-electron chi connectivity index (χ3n) is 3.52. The summed E-state index contributed by atoms with van der Waals surface area (Å²) in [7, 11) is 1.57. The van der Waals surface area contributed by atoms with Crippen LogP contribution in [0.3, 0.4) is 0 Å². The lowest BCUT2D eigenvalue weighted by Gasteiger charge is -2.23. The number of carbonyl (C=O) groups is 2. The second kappa shape index (κ2) is 8.74. The molecule has 0 bridgehead atoms. The monoisotopic (exact) mass is 380 g/mol. The van der Waals surface area contributed by atoms with E-state index in [1.54, 1.807) is 49.6 Å². The number of halogens is 2. The van der Waals surface area contributed by atoms with Crippen LogP contribution in [0.1, 0.15) is 13.3 Å². The topological polar surface area (TPSA) is 58.6 Å². The summed E-state index contributed by atoms with van der Waals surface area (Å²) in [6.45, 7) is 1.57. The number of benzene rings is 2. The molecule has 0 unspecified atom stereocenters. The highest BCUT2D eigenvalue weighted by atomic mass is 35.5. The minimum atomic E-state index is -0.243. The second-order valence-electron chi connectivity index (χ2n) is 5.27. The molecular weight excluding hydrogens is 363 g/mol. The van der Waals surface area contributed by atoms with E-state index in [0.717, 1.165) is 0 Å². The van der Waals surface area contributed by atoms with Gasteiger partial charge in [-0.1, -0.05) is 29.3 Å². The van der Waals surface area contributed by atoms with Gasteiger partial charge in [0.05, 0.1) is 22.8 Å². The molecule has 2 aromatic carbocycles. The van der Waals surface area contributed by atoms with Crippen LogP contribution < -0.4 is 15.0 Å². The first kappa shape index (κ1) is 19.1. The van der Waals surface area contributed by atoms with Gasteiger partial charge in [0.25, 0.3) is 0 Å². The minimum Gasteiger partial charge on any atom is -0.497 e. The van der Waals surface area contributed by atoms with E-state index in [4.69, 9.17) is 27.9 Å². The van der Waals surface area contributed by atoms with E-state index in [2.05, 4.69) is 5.32 Å². The quantitative estimate of drug-likeness (QED) is 0.808. The van der Waals surface area contributed by atoms with Crippen LogP contribution in [0.25, 0.3) is 0 Å². The van der Waals surface area contributed by atoms with Gasteiger partial charge in [0.1, 0.15) is 5.75 Å². The molecule has 2 aromatic rings. The zero-order chi connectivity index (χ0) is 18.4. The highest BCUT2D eigenvalue weighted by molar-refractivity contribution is 6.39. The SMILES string of the molecule is COc1ccc(NC(=O)CCN(C(C)=O)c2c(Cl)cccc2Cl)cc1. The van der Waals surface area contributed by atoms with Crippen molar-refractivity contribution in [3.8, 4) is 5.75 Å². The summed E-state index contributed by atoms with van der Waals surface area (Å²) >= 11 is 12.3. The molecule has 0 saturated carbocycles. The minimum absolute atomic E-state index is 0.104. The Hall–Kier alpha value is -2.24. The molecule has 0 atom stereocenters. The molecule has 2 amide bonds. The Morgan fingerprint density at radius 2 is 1.68 bits per heavy atom. The van der Waals surface area contributed by atoms with Gasteiger partial charge >= 0.3 is 0 Å². The Bertz CT molecular complexity index is 743. The van der Waals surface area contributed by atoms with E-state index in [0.29, 0.717) is 27.2 Å². The first-order chi connectivity index (χ1) is 11.9. The van der Waals surface area contributed by atoms with Crippen molar-refractivity contribution in [1.82, 2.24) is 0 Å². The van der Waals surface area contributed by atoms with Crippen molar-refractivity contribution in [1.29, 1.82) is 0 Å². The number of methoxy groups -OCH3 is 1. The van der Waals surface area contributed by atoms with Crippen LogP contribution in [-0.4, -0.2) is 25.5 Å². The fourth-order valence-corrected chi connectivity index (χ4v) is 2.89. The maximum Gasteiger partial charge on any atom is 0.226 e. The third kappa shape index (κ3) is 5.11. The first-order valence-corrected chi connectivity index (χ1v) is 8.34. The van der Waals surface area contributed by atoms with Crippen molar-refractivity contribution in [2.75, 3.05) is 23.9 Å². The van der Waals surface area contributed by atoms with Gasteiger partial charge in [0.2, 0.25) is 11.8 Å². The molecule has 132 valence electrons. The number of carbonyl (C=O) groups excluding carboxylic acids is 2. The van der Waals surface area contributed by atoms with Crippen molar-refractivity contribution >= 4 is 46.4 Å². The number of para-hydroxylation sites is 1. The molecule has 0 aromatic heterocycles. The van der Waals surface area contributed by atoms with Gasteiger partial charge in [-0.15, -0.1) is 0 Å². The Labute approximate surface area is 156 Å². The number of nitrogens with zero attached hydrogens (tertiary/aromatic N) is 1. The fraction of sp³-hybridized carbons (Fsp3) is 0.222. The van der Waals surface area contributed by atoms with Crippen LogP contribution in [0.15, 0.2) is 42.5 Å². The maximum absolute atomic E-state index is 12.1. The molecule has 0 aliphatic carbocycles. The molecule has 0 saturated heterocycles. The summed E-state index contributed by atoms with van der Waals surface area (Å²) in [5, 5.41) is 3.49. The lowest BCUT2D eigenvalue weighted by Crippen LogP contribution is -2.32. The van der Waals surface area contributed by atoms with Crippen LogP contribution in [0.2, 0.25) is 10.0 Å².